The monoisotopic (exact) mass is 284 g/mol. The fourth-order valence-corrected chi connectivity index (χ4v) is 2.64. The number of rotatable bonds is 2. The van der Waals surface area contributed by atoms with E-state index < -0.39 is 0 Å². The fourth-order valence-electron chi connectivity index (χ4n) is 2.52. The van der Waals surface area contributed by atoms with Crippen molar-refractivity contribution in [2.45, 2.75) is 12.0 Å². The van der Waals surface area contributed by atoms with Crippen molar-refractivity contribution >= 4 is 17.6 Å². The van der Waals surface area contributed by atoms with Crippen molar-refractivity contribution in [3.05, 3.63) is 82.9 Å². The van der Waals surface area contributed by atoms with Gasteiger partial charge in [-0.1, -0.05) is 60.6 Å². The number of hydrogen-bond donors (Lipinski definition) is 0. The van der Waals surface area contributed by atoms with Crippen LogP contribution in [0.3, 0.4) is 0 Å². The third kappa shape index (κ3) is 2.23. The van der Waals surface area contributed by atoms with Crippen LogP contribution in [0.25, 0.3) is 0 Å². The second-order valence-electron chi connectivity index (χ2n) is 4.79. The molecule has 1 aliphatic rings. The van der Waals surface area contributed by atoms with Crippen LogP contribution in [0.4, 0.5) is 0 Å². The Labute approximate surface area is 122 Å². The molecule has 2 aromatic carbocycles. The summed E-state index contributed by atoms with van der Waals surface area (Å²) in [5.74, 6) is -0.483. The molecule has 3 rings (SSSR count). The second kappa shape index (κ2) is 5.14. The van der Waals surface area contributed by atoms with Crippen LogP contribution in [0.5, 0.6) is 0 Å². The van der Waals surface area contributed by atoms with Crippen LogP contribution in [0.2, 0.25) is 5.02 Å². The molecule has 1 aliphatic heterocycles. The normalized spacial score (nSPS) is 21.9. The predicted octanol–water partition coefficient (Wildman–Crippen LogP) is 4.28. The highest BCUT2D eigenvalue weighted by Crippen LogP contribution is 2.44. The van der Waals surface area contributed by atoms with Gasteiger partial charge < -0.3 is 4.74 Å². The van der Waals surface area contributed by atoms with Crippen LogP contribution in [-0.4, -0.2) is 5.97 Å². The smallest absolute Gasteiger partial charge is 0.334 e. The van der Waals surface area contributed by atoms with Crippen LogP contribution in [0, 0.1) is 0 Å². The Hall–Kier alpha value is -2.06. The van der Waals surface area contributed by atoms with E-state index in [-0.39, 0.29) is 18.0 Å². The molecule has 1 heterocycles. The van der Waals surface area contributed by atoms with Crippen molar-refractivity contribution in [2.24, 2.45) is 0 Å². The first-order chi connectivity index (χ1) is 9.66. The van der Waals surface area contributed by atoms with Gasteiger partial charge in [-0.3, -0.25) is 0 Å². The highest BCUT2D eigenvalue weighted by molar-refractivity contribution is 6.30. The van der Waals surface area contributed by atoms with Crippen LogP contribution >= 0.6 is 11.6 Å². The number of esters is 1. The third-order valence-electron chi connectivity index (χ3n) is 3.53. The van der Waals surface area contributed by atoms with Crippen molar-refractivity contribution in [2.75, 3.05) is 0 Å². The van der Waals surface area contributed by atoms with Gasteiger partial charge in [0.25, 0.3) is 0 Å². The Bertz CT molecular complexity index is 646. The Morgan fingerprint density at radius 1 is 0.950 bits per heavy atom. The highest BCUT2D eigenvalue weighted by atomic mass is 35.5. The molecule has 0 spiro atoms. The molecule has 1 saturated heterocycles. The van der Waals surface area contributed by atoms with Gasteiger partial charge in [-0.25, -0.2) is 4.79 Å². The van der Waals surface area contributed by atoms with Gasteiger partial charge in [-0.05, 0) is 23.3 Å². The zero-order valence-electron chi connectivity index (χ0n) is 10.8. The van der Waals surface area contributed by atoms with Gasteiger partial charge in [-0.15, -0.1) is 0 Å². The fraction of sp³-hybridized carbons (Fsp3) is 0.118. The molecule has 20 heavy (non-hydrogen) atoms. The summed E-state index contributed by atoms with van der Waals surface area (Å²) in [6.45, 7) is 3.89. The minimum absolute atomic E-state index is 0.148. The first-order valence-corrected chi connectivity index (χ1v) is 6.75. The Morgan fingerprint density at radius 3 is 2.25 bits per heavy atom. The molecule has 0 radical (unpaired) electrons. The largest absolute Gasteiger partial charge is 0.453 e. The molecule has 0 amide bonds. The molecule has 0 aromatic heterocycles. The minimum atomic E-state index is -0.338. The summed E-state index contributed by atoms with van der Waals surface area (Å²) in [6, 6.07) is 17.2. The number of carbonyl (C=O) groups excluding carboxylic acids is 1. The zero-order valence-corrected chi connectivity index (χ0v) is 11.5. The van der Waals surface area contributed by atoms with E-state index in [0.717, 1.165) is 11.1 Å². The van der Waals surface area contributed by atoms with Crippen molar-refractivity contribution in [1.82, 2.24) is 0 Å². The van der Waals surface area contributed by atoms with Gasteiger partial charge in [0.05, 0.1) is 5.92 Å². The second-order valence-corrected chi connectivity index (χ2v) is 5.23. The molecule has 0 saturated carbocycles. The Balaban J connectivity index is 2.02. The van der Waals surface area contributed by atoms with Gasteiger partial charge in [0.15, 0.2) is 0 Å². The van der Waals surface area contributed by atoms with E-state index >= 15 is 0 Å². The quantitative estimate of drug-likeness (QED) is 0.608. The lowest BCUT2D eigenvalue weighted by atomic mass is 9.86. The standard InChI is InChI=1S/C17H13ClO2/c1-11-15(12-5-3-2-4-6-12)16(20-17(11)19)13-7-9-14(18)10-8-13/h2-10,15-16H,1H2. The summed E-state index contributed by atoms with van der Waals surface area (Å²) in [6.07, 6.45) is -0.338. The summed E-state index contributed by atoms with van der Waals surface area (Å²) in [5, 5.41) is 0.660. The number of carbonyl (C=O) groups is 1. The van der Waals surface area contributed by atoms with Gasteiger partial charge >= 0.3 is 5.97 Å². The van der Waals surface area contributed by atoms with E-state index in [1.165, 1.54) is 0 Å². The molecule has 0 N–H and O–H groups in total. The number of ether oxygens (including phenoxy) is 1. The zero-order chi connectivity index (χ0) is 14.1. The molecule has 0 aliphatic carbocycles. The molecule has 2 unspecified atom stereocenters. The van der Waals surface area contributed by atoms with Gasteiger partial charge in [0.1, 0.15) is 6.10 Å². The summed E-state index contributed by atoms with van der Waals surface area (Å²) >= 11 is 5.90. The maximum Gasteiger partial charge on any atom is 0.334 e. The van der Waals surface area contributed by atoms with Gasteiger partial charge in [0, 0.05) is 10.6 Å². The van der Waals surface area contributed by atoms with Crippen molar-refractivity contribution in [1.29, 1.82) is 0 Å². The Kier molecular flexibility index (Phi) is 3.33. The maximum atomic E-state index is 11.9. The minimum Gasteiger partial charge on any atom is -0.453 e. The first-order valence-electron chi connectivity index (χ1n) is 6.37. The van der Waals surface area contributed by atoms with Crippen LogP contribution < -0.4 is 0 Å². The average Bonchev–Trinajstić information content (AvgIpc) is 2.77. The highest BCUT2D eigenvalue weighted by Gasteiger charge is 2.40. The van der Waals surface area contributed by atoms with Crippen LogP contribution in [-0.2, 0) is 9.53 Å². The van der Waals surface area contributed by atoms with E-state index in [1.54, 1.807) is 12.1 Å². The molecule has 3 heteroatoms. The third-order valence-corrected chi connectivity index (χ3v) is 3.78. The first kappa shape index (κ1) is 12.9. The molecular weight excluding hydrogens is 272 g/mol. The number of halogens is 1. The molecule has 1 fully saturated rings. The summed E-state index contributed by atoms with van der Waals surface area (Å²) in [7, 11) is 0. The van der Waals surface area contributed by atoms with Crippen LogP contribution in [0.15, 0.2) is 66.7 Å². The van der Waals surface area contributed by atoms with E-state index in [9.17, 15) is 4.79 Å². The lowest BCUT2D eigenvalue weighted by molar-refractivity contribution is -0.139. The SMILES string of the molecule is C=C1C(=O)OC(c2ccc(Cl)cc2)C1c1ccccc1. The lowest BCUT2D eigenvalue weighted by Gasteiger charge is -2.18. The van der Waals surface area contributed by atoms with E-state index in [1.807, 2.05) is 42.5 Å². The molecule has 2 aromatic rings. The molecular formula is C17H13ClO2. The number of hydrogen-bond acceptors (Lipinski definition) is 2. The summed E-state index contributed by atoms with van der Waals surface area (Å²) in [5.41, 5.74) is 2.45. The van der Waals surface area contributed by atoms with E-state index in [0.29, 0.717) is 10.6 Å². The average molecular weight is 285 g/mol. The van der Waals surface area contributed by atoms with E-state index in [2.05, 4.69) is 6.58 Å². The van der Waals surface area contributed by atoms with Crippen molar-refractivity contribution in [3.63, 3.8) is 0 Å². The van der Waals surface area contributed by atoms with Crippen molar-refractivity contribution < 1.29 is 9.53 Å². The van der Waals surface area contributed by atoms with E-state index in [4.69, 9.17) is 16.3 Å². The van der Waals surface area contributed by atoms with Gasteiger partial charge in [0.2, 0.25) is 0 Å². The van der Waals surface area contributed by atoms with Gasteiger partial charge in [-0.2, -0.15) is 0 Å². The Morgan fingerprint density at radius 2 is 1.60 bits per heavy atom. The predicted molar refractivity (Wildman–Crippen MR) is 78.6 cm³/mol. The summed E-state index contributed by atoms with van der Waals surface area (Å²) < 4.78 is 5.48. The van der Waals surface area contributed by atoms with Crippen LogP contribution in [0.1, 0.15) is 23.1 Å². The maximum absolute atomic E-state index is 11.9. The lowest BCUT2D eigenvalue weighted by Crippen LogP contribution is -2.06. The molecule has 2 atom stereocenters. The topological polar surface area (TPSA) is 26.3 Å². The molecule has 100 valence electrons. The summed E-state index contributed by atoms with van der Waals surface area (Å²) in [4.78, 5) is 11.9. The number of benzene rings is 2. The molecule has 0 bridgehead atoms. The molecule has 2 nitrogen and oxygen atoms in total. The van der Waals surface area contributed by atoms with Crippen molar-refractivity contribution in [3.8, 4) is 0 Å². The number of cyclic esters (lactones) is 1.